The van der Waals surface area contributed by atoms with Gasteiger partial charge in [-0.15, -0.1) is 0 Å². The Morgan fingerprint density at radius 1 is 1.43 bits per heavy atom. The third-order valence-electron chi connectivity index (χ3n) is 3.05. The number of hydrazine groups is 1. The Bertz CT molecular complexity index is 581. The van der Waals surface area contributed by atoms with Gasteiger partial charge in [0.15, 0.2) is 5.76 Å². The Morgan fingerprint density at radius 2 is 2.19 bits per heavy atom. The minimum atomic E-state index is -0.434. The van der Waals surface area contributed by atoms with Gasteiger partial charge in [-0.2, -0.15) is 0 Å². The largest absolute Gasteiger partial charge is 0.453 e. The molecule has 2 heterocycles. The third-order valence-corrected chi connectivity index (χ3v) is 3.05. The van der Waals surface area contributed by atoms with E-state index in [1.54, 1.807) is 25.4 Å². The molecule has 0 aromatic carbocycles. The van der Waals surface area contributed by atoms with Crippen LogP contribution in [-0.2, 0) is 17.8 Å². The van der Waals surface area contributed by atoms with Crippen LogP contribution in [0.5, 0.6) is 0 Å². The van der Waals surface area contributed by atoms with Crippen LogP contribution in [0.15, 0.2) is 35.0 Å². The van der Waals surface area contributed by atoms with Crippen LogP contribution in [0.3, 0.4) is 0 Å². The van der Waals surface area contributed by atoms with E-state index in [9.17, 15) is 4.79 Å². The number of nitrogen functional groups attached to an aromatic ring is 1. The Balaban J connectivity index is 1.73. The lowest BCUT2D eigenvalue weighted by atomic mass is 10.1. The smallest absolute Gasteiger partial charge is 0.301 e. The standard InChI is InChI=1S/C15H19N3O3/c1-11-9-13(21-14(11)15(19)18-16)10-20-8-2-3-12-4-6-17-7-5-12/h4-7,9H,2-3,8,10,16H2,1H3,(H,18,19). The zero-order valence-corrected chi connectivity index (χ0v) is 12.0. The number of hydrogen-bond acceptors (Lipinski definition) is 5. The molecule has 6 nitrogen and oxygen atoms in total. The molecule has 0 aliphatic heterocycles. The van der Waals surface area contributed by atoms with Crippen LogP contribution in [0, 0.1) is 6.92 Å². The lowest BCUT2D eigenvalue weighted by Gasteiger charge is -2.02. The molecule has 0 radical (unpaired) electrons. The number of amides is 1. The van der Waals surface area contributed by atoms with E-state index in [-0.39, 0.29) is 5.76 Å². The zero-order valence-electron chi connectivity index (χ0n) is 12.0. The molecule has 2 aromatic heterocycles. The highest BCUT2D eigenvalue weighted by molar-refractivity contribution is 5.92. The van der Waals surface area contributed by atoms with E-state index in [1.165, 1.54) is 5.56 Å². The van der Waals surface area contributed by atoms with Crippen molar-refractivity contribution in [2.75, 3.05) is 6.61 Å². The van der Waals surface area contributed by atoms with Gasteiger partial charge in [-0.05, 0) is 43.5 Å². The van der Waals surface area contributed by atoms with Crippen LogP contribution in [0.4, 0.5) is 0 Å². The molecule has 2 aromatic rings. The number of carbonyl (C=O) groups excluding carboxylic acids is 1. The van der Waals surface area contributed by atoms with Gasteiger partial charge in [-0.1, -0.05) is 0 Å². The molecule has 0 saturated carbocycles. The van der Waals surface area contributed by atoms with E-state index in [0.29, 0.717) is 19.0 Å². The number of aromatic nitrogens is 1. The fourth-order valence-electron chi connectivity index (χ4n) is 2.01. The Kier molecular flexibility index (Phi) is 5.48. The fourth-order valence-corrected chi connectivity index (χ4v) is 2.01. The predicted octanol–water partition coefficient (Wildman–Crippen LogP) is 1.74. The summed E-state index contributed by atoms with van der Waals surface area (Å²) in [6.07, 6.45) is 5.43. The van der Waals surface area contributed by atoms with Crippen molar-refractivity contribution in [3.8, 4) is 0 Å². The number of hydrogen-bond donors (Lipinski definition) is 2. The lowest BCUT2D eigenvalue weighted by molar-refractivity contribution is 0.0891. The number of nitrogens with zero attached hydrogens (tertiary/aromatic N) is 1. The molecule has 0 fully saturated rings. The first-order valence-corrected chi connectivity index (χ1v) is 6.77. The maximum absolute atomic E-state index is 11.4. The first-order chi connectivity index (χ1) is 10.2. The van der Waals surface area contributed by atoms with Gasteiger partial charge < -0.3 is 9.15 Å². The molecule has 0 aliphatic carbocycles. The van der Waals surface area contributed by atoms with E-state index < -0.39 is 5.91 Å². The molecule has 3 N–H and O–H groups in total. The maximum Gasteiger partial charge on any atom is 0.301 e. The van der Waals surface area contributed by atoms with Crippen LogP contribution in [0.2, 0.25) is 0 Å². The van der Waals surface area contributed by atoms with Crippen LogP contribution in [-0.4, -0.2) is 17.5 Å². The molecule has 1 amide bonds. The summed E-state index contributed by atoms with van der Waals surface area (Å²) in [4.78, 5) is 15.4. The molecule has 0 unspecified atom stereocenters. The predicted molar refractivity (Wildman–Crippen MR) is 77.3 cm³/mol. The minimum Gasteiger partial charge on any atom is -0.453 e. The summed E-state index contributed by atoms with van der Waals surface area (Å²) in [6, 6.07) is 5.77. The van der Waals surface area contributed by atoms with Crippen LogP contribution in [0.25, 0.3) is 0 Å². The Morgan fingerprint density at radius 3 is 2.90 bits per heavy atom. The number of rotatable bonds is 7. The number of nitrogens with one attached hydrogen (secondary N) is 1. The fraction of sp³-hybridized carbons (Fsp3) is 0.333. The monoisotopic (exact) mass is 289 g/mol. The molecule has 0 bridgehead atoms. The van der Waals surface area contributed by atoms with E-state index in [2.05, 4.69) is 10.4 Å². The van der Waals surface area contributed by atoms with Crippen molar-refractivity contribution in [1.29, 1.82) is 0 Å². The Hall–Kier alpha value is -2.18. The number of carbonyl (C=O) groups is 1. The average molecular weight is 289 g/mol. The molecule has 0 atom stereocenters. The van der Waals surface area contributed by atoms with Gasteiger partial charge in [0.1, 0.15) is 12.4 Å². The second kappa shape index (κ2) is 7.56. The minimum absolute atomic E-state index is 0.230. The first kappa shape index (κ1) is 15.2. The van der Waals surface area contributed by atoms with E-state index in [4.69, 9.17) is 15.0 Å². The van der Waals surface area contributed by atoms with Gasteiger partial charge in [0.25, 0.3) is 0 Å². The number of pyridine rings is 1. The SMILES string of the molecule is Cc1cc(COCCCc2ccncc2)oc1C(=O)NN. The highest BCUT2D eigenvalue weighted by atomic mass is 16.5. The van der Waals surface area contributed by atoms with E-state index in [1.807, 2.05) is 12.1 Å². The highest BCUT2D eigenvalue weighted by Crippen LogP contribution is 2.15. The van der Waals surface area contributed by atoms with Crippen molar-refractivity contribution in [3.63, 3.8) is 0 Å². The second-order valence-corrected chi connectivity index (χ2v) is 4.71. The van der Waals surface area contributed by atoms with Crippen LogP contribution in [0.1, 0.15) is 33.9 Å². The van der Waals surface area contributed by atoms with Crippen molar-refractivity contribution >= 4 is 5.91 Å². The van der Waals surface area contributed by atoms with Crippen molar-refractivity contribution in [3.05, 3.63) is 53.2 Å². The maximum atomic E-state index is 11.4. The average Bonchev–Trinajstić information content (AvgIpc) is 2.88. The normalized spacial score (nSPS) is 10.6. The van der Waals surface area contributed by atoms with Crippen molar-refractivity contribution < 1.29 is 13.9 Å². The molecule has 6 heteroatoms. The molecular weight excluding hydrogens is 270 g/mol. The molecule has 112 valence electrons. The van der Waals surface area contributed by atoms with Gasteiger partial charge in [0, 0.05) is 24.6 Å². The molecule has 0 saturated heterocycles. The van der Waals surface area contributed by atoms with Gasteiger partial charge in [0.05, 0.1) is 0 Å². The Labute approximate surface area is 123 Å². The third kappa shape index (κ3) is 4.40. The first-order valence-electron chi connectivity index (χ1n) is 6.77. The van der Waals surface area contributed by atoms with Crippen molar-refractivity contribution in [2.24, 2.45) is 5.84 Å². The quantitative estimate of drug-likeness (QED) is 0.350. The summed E-state index contributed by atoms with van der Waals surface area (Å²) < 4.78 is 11.0. The zero-order chi connectivity index (χ0) is 15.1. The summed E-state index contributed by atoms with van der Waals surface area (Å²) in [7, 11) is 0. The summed E-state index contributed by atoms with van der Waals surface area (Å²) in [5.74, 6) is 5.50. The number of aryl methyl sites for hydroxylation is 2. The van der Waals surface area contributed by atoms with E-state index in [0.717, 1.165) is 18.4 Å². The lowest BCUT2D eigenvalue weighted by Crippen LogP contribution is -2.30. The second-order valence-electron chi connectivity index (χ2n) is 4.71. The molecule has 2 rings (SSSR count). The van der Waals surface area contributed by atoms with Crippen LogP contribution < -0.4 is 11.3 Å². The van der Waals surface area contributed by atoms with Gasteiger partial charge >= 0.3 is 5.91 Å². The number of ether oxygens (including phenoxy) is 1. The molecule has 0 spiro atoms. The highest BCUT2D eigenvalue weighted by Gasteiger charge is 2.14. The van der Waals surface area contributed by atoms with Crippen molar-refractivity contribution in [1.82, 2.24) is 10.4 Å². The summed E-state index contributed by atoms with van der Waals surface area (Å²) >= 11 is 0. The van der Waals surface area contributed by atoms with Gasteiger partial charge in [0.2, 0.25) is 0 Å². The van der Waals surface area contributed by atoms with E-state index >= 15 is 0 Å². The van der Waals surface area contributed by atoms with Crippen LogP contribution >= 0.6 is 0 Å². The topological polar surface area (TPSA) is 90.4 Å². The summed E-state index contributed by atoms with van der Waals surface area (Å²) in [5, 5.41) is 0. The van der Waals surface area contributed by atoms with Gasteiger partial charge in [-0.3, -0.25) is 15.2 Å². The molecule has 0 aliphatic rings. The number of nitrogens with two attached hydrogens (primary N) is 1. The summed E-state index contributed by atoms with van der Waals surface area (Å²) in [6.45, 7) is 2.76. The number of furan rings is 1. The summed E-state index contributed by atoms with van der Waals surface area (Å²) in [5.41, 5.74) is 4.04. The van der Waals surface area contributed by atoms with Crippen molar-refractivity contribution in [2.45, 2.75) is 26.4 Å². The van der Waals surface area contributed by atoms with Gasteiger partial charge in [-0.25, -0.2) is 5.84 Å². The molecule has 21 heavy (non-hydrogen) atoms. The molecular formula is C15H19N3O3.